The van der Waals surface area contributed by atoms with E-state index in [-0.39, 0.29) is 11.9 Å². The molecule has 0 bridgehead atoms. The summed E-state index contributed by atoms with van der Waals surface area (Å²) in [5.41, 5.74) is 2.67. The maximum absolute atomic E-state index is 11.7. The first kappa shape index (κ1) is 10.7. The van der Waals surface area contributed by atoms with Crippen molar-refractivity contribution in [3.8, 4) is 0 Å². The molecule has 80 valence electrons. The topological polar surface area (TPSA) is 20.3 Å². The number of carbonyl (C=O) groups excluding carboxylic acids is 1. The summed E-state index contributed by atoms with van der Waals surface area (Å²) in [5.74, 6) is 0.178. The third-order valence-electron chi connectivity index (χ3n) is 3.03. The van der Waals surface area contributed by atoms with Crippen molar-refractivity contribution in [3.63, 3.8) is 0 Å². The minimum Gasteiger partial charge on any atom is -0.335 e. The van der Waals surface area contributed by atoms with Gasteiger partial charge >= 0.3 is 0 Å². The van der Waals surface area contributed by atoms with E-state index < -0.39 is 0 Å². The van der Waals surface area contributed by atoms with E-state index in [2.05, 4.69) is 41.1 Å². The average Bonchev–Trinajstić information content (AvgIpc) is 2.29. The third-order valence-corrected chi connectivity index (χ3v) is 3.51. The molecule has 0 N–H and O–H groups in total. The minimum absolute atomic E-state index is 0.178. The van der Waals surface area contributed by atoms with Crippen LogP contribution in [0.4, 0.5) is 0 Å². The Kier molecular flexibility index (Phi) is 3.10. The second-order valence-electron chi connectivity index (χ2n) is 3.85. The molecule has 0 aliphatic carbocycles. The standard InChI is InChI=1S/C12H14BrNO/c1-9-11-5-3-2-4-10(11)6-7-14(9)12(15)8-13/h2-5,9H,6-8H2,1H3. The summed E-state index contributed by atoms with van der Waals surface area (Å²) in [5, 5.41) is 0.416. The van der Waals surface area contributed by atoms with E-state index in [0.29, 0.717) is 5.33 Å². The number of fused-ring (bicyclic) bond motifs is 1. The van der Waals surface area contributed by atoms with Gasteiger partial charge in [0.2, 0.25) is 5.91 Å². The van der Waals surface area contributed by atoms with Crippen LogP contribution in [0.1, 0.15) is 24.1 Å². The molecule has 1 amide bonds. The van der Waals surface area contributed by atoms with Crippen molar-refractivity contribution in [3.05, 3.63) is 35.4 Å². The van der Waals surface area contributed by atoms with E-state index >= 15 is 0 Å². The van der Waals surface area contributed by atoms with Crippen LogP contribution >= 0.6 is 15.9 Å². The van der Waals surface area contributed by atoms with Gasteiger partial charge in [0.25, 0.3) is 0 Å². The SMILES string of the molecule is CC1c2ccccc2CCN1C(=O)CBr. The molecule has 0 saturated heterocycles. The smallest absolute Gasteiger partial charge is 0.233 e. The van der Waals surface area contributed by atoms with Crippen LogP contribution in [0.15, 0.2) is 24.3 Å². The van der Waals surface area contributed by atoms with Gasteiger partial charge in [-0.05, 0) is 24.5 Å². The summed E-state index contributed by atoms with van der Waals surface area (Å²) < 4.78 is 0. The monoisotopic (exact) mass is 267 g/mol. The predicted molar refractivity (Wildman–Crippen MR) is 64.1 cm³/mol. The van der Waals surface area contributed by atoms with Crippen LogP contribution in [-0.2, 0) is 11.2 Å². The zero-order chi connectivity index (χ0) is 10.8. The van der Waals surface area contributed by atoms with Gasteiger partial charge in [-0.2, -0.15) is 0 Å². The summed E-state index contributed by atoms with van der Waals surface area (Å²) in [4.78, 5) is 13.6. The second kappa shape index (κ2) is 4.35. The van der Waals surface area contributed by atoms with Crippen molar-refractivity contribution in [1.82, 2.24) is 4.90 Å². The molecule has 1 aliphatic rings. The number of hydrogen-bond acceptors (Lipinski definition) is 1. The van der Waals surface area contributed by atoms with E-state index in [1.807, 2.05) is 11.0 Å². The van der Waals surface area contributed by atoms with Crippen LogP contribution in [0.3, 0.4) is 0 Å². The molecule has 2 nitrogen and oxygen atoms in total. The maximum Gasteiger partial charge on any atom is 0.233 e. The molecule has 0 aromatic heterocycles. The number of carbonyl (C=O) groups is 1. The number of amides is 1. The average molecular weight is 268 g/mol. The fourth-order valence-corrected chi connectivity index (χ4v) is 2.51. The van der Waals surface area contributed by atoms with Gasteiger partial charge in [-0.3, -0.25) is 4.79 Å². The molecule has 15 heavy (non-hydrogen) atoms. The van der Waals surface area contributed by atoms with Gasteiger partial charge in [0.05, 0.1) is 11.4 Å². The molecule has 0 spiro atoms. The normalized spacial score (nSPS) is 19.9. The van der Waals surface area contributed by atoms with Crippen molar-refractivity contribution >= 4 is 21.8 Å². The van der Waals surface area contributed by atoms with Gasteiger partial charge in [-0.25, -0.2) is 0 Å². The van der Waals surface area contributed by atoms with Gasteiger partial charge in [0, 0.05) is 6.54 Å². The Balaban J connectivity index is 2.29. The Bertz CT molecular complexity index is 378. The van der Waals surface area contributed by atoms with Gasteiger partial charge in [0.15, 0.2) is 0 Å². The van der Waals surface area contributed by atoms with E-state index in [1.54, 1.807) is 0 Å². The van der Waals surface area contributed by atoms with Gasteiger partial charge < -0.3 is 4.90 Å². The van der Waals surface area contributed by atoms with E-state index in [1.165, 1.54) is 11.1 Å². The van der Waals surface area contributed by atoms with Crippen LogP contribution in [0.2, 0.25) is 0 Å². The Morgan fingerprint density at radius 2 is 2.27 bits per heavy atom. The lowest BCUT2D eigenvalue weighted by Crippen LogP contribution is -2.39. The maximum atomic E-state index is 11.7. The summed E-state index contributed by atoms with van der Waals surface area (Å²) in [6, 6.07) is 8.58. The number of halogens is 1. The van der Waals surface area contributed by atoms with Crippen LogP contribution in [0.25, 0.3) is 0 Å². The number of alkyl halides is 1. The molecule has 2 rings (SSSR count). The molecule has 0 saturated carbocycles. The van der Waals surface area contributed by atoms with Gasteiger partial charge in [-0.1, -0.05) is 40.2 Å². The van der Waals surface area contributed by atoms with Crippen molar-refractivity contribution in [2.45, 2.75) is 19.4 Å². The highest BCUT2D eigenvalue weighted by molar-refractivity contribution is 9.09. The Labute approximate surface area is 98.4 Å². The summed E-state index contributed by atoms with van der Waals surface area (Å²) in [6.07, 6.45) is 0.971. The third kappa shape index (κ3) is 1.93. The Hall–Kier alpha value is -0.830. The van der Waals surface area contributed by atoms with Gasteiger partial charge in [-0.15, -0.1) is 0 Å². The lowest BCUT2D eigenvalue weighted by Gasteiger charge is -2.35. The lowest BCUT2D eigenvalue weighted by molar-refractivity contribution is -0.130. The quantitative estimate of drug-likeness (QED) is 0.717. The number of hydrogen-bond donors (Lipinski definition) is 0. The van der Waals surface area contributed by atoms with Crippen LogP contribution in [0.5, 0.6) is 0 Å². The predicted octanol–water partition coefficient (Wildman–Crippen LogP) is 2.53. The highest BCUT2D eigenvalue weighted by Gasteiger charge is 2.26. The number of benzene rings is 1. The number of nitrogens with zero attached hydrogens (tertiary/aromatic N) is 1. The van der Waals surface area contributed by atoms with E-state index in [4.69, 9.17) is 0 Å². The zero-order valence-corrected chi connectivity index (χ0v) is 10.3. The van der Waals surface area contributed by atoms with Crippen LogP contribution < -0.4 is 0 Å². The molecule has 0 radical (unpaired) electrons. The first-order chi connectivity index (χ1) is 7.24. The zero-order valence-electron chi connectivity index (χ0n) is 8.74. The molecule has 1 heterocycles. The minimum atomic E-state index is 0.178. The molecule has 1 aromatic rings. The molecular formula is C12H14BrNO. The molecule has 1 aliphatic heterocycles. The van der Waals surface area contributed by atoms with E-state index in [9.17, 15) is 4.79 Å². The molecule has 1 atom stereocenters. The molecular weight excluding hydrogens is 254 g/mol. The first-order valence-electron chi connectivity index (χ1n) is 5.17. The fourth-order valence-electron chi connectivity index (χ4n) is 2.19. The second-order valence-corrected chi connectivity index (χ2v) is 4.41. The molecule has 3 heteroatoms. The first-order valence-corrected chi connectivity index (χ1v) is 6.29. The summed E-state index contributed by atoms with van der Waals surface area (Å²) >= 11 is 3.23. The fraction of sp³-hybridized carbons (Fsp3) is 0.417. The highest BCUT2D eigenvalue weighted by atomic mass is 79.9. The summed E-state index contributed by atoms with van der Waals surface area (Å²) in [6.45, 7) is 2.93. The summed E-state index contributed by atoms with van der Waals surface area (Å²) in [7, 11) is 0. The molecule has 0 fully saturated rings. The molecule has 1 aromatic carbocycles. The Morgan fingerprint density at radius 1 is 1.53 bits per heavy atom. The lowest BCUT2D eigenvalue weighted by atomic mass is 9.94. The van der Waals surface area contributed by atoms with E-state index in [0.717, 1.165) is 13.0 Å². The van der Waals surface area contributed by atoms with Crippen molar-refractivity contribution in [1.29, 1.82) is 0 Å². The Morgan fingerprint density at radius 3 is 3.00 bits per heavy atom. The van der Waals surface area contributed by atoms with Crippen LogP contribution in [0, 0.1) is 0 Å². The van der Waals surface area contributed by atoms with Crippen molar-refractivity contribution in [2.24, 2.45) is 0 Å². The number of rotatable bonds is 1. The highest BCUT2D eigenvalue weighted by Crippen LogP contribution is 2.29. The van der Waals surface area contributed by atoms with Crippen LogP contribution in [-0.4, -0.2) is 22.7 Å². The van der Waals surface area contributed by atoms with Crippen molar-refractivity contribution in [2.75, 3.05) is 11.9 Å². The molecule has 1 unspecified atom stereocenters. The van der Waals surface area contributed by atoms with Gasteiger partial charge in [0.1, 0.15) is 0 Å². The largest absolute Gasteiger partial charge is 0.335 e. The van der Waals surface area contributed by atoms with Crippen molar-refractivity contribution < 1.29 is 4.79 Å².